The molecule has 4 nitrogen and oxygen atoms in total. The second kappa shape index (κ2) is 8.77. The van der Waals surface area contributed by atoms with E-state index in [-0.39, 0.29) is 12.7 Å². The highest BCUT2D eigenvalue weighted by Gasteiger charge is 2.23. The number of rotatable bonds is 6. The third-order valence-electron chi connectivity index (χ3n) is 5.72. The van der Waals surface area contributed by atoms with Crippen molar-refractivity contribution in [2.45, 2.75) is 50.8 Å². The Morgan fingerprint density at radius 2 is 1.67 bits per heavy atom. The molecule has 1 saturated carbocycles. The monoisotopic (exact) mass is 367 g/mol. The minimum atomic E-state index is -0.0687. The first-order valence-corrected chi connectivity index (χ1v) is 10.2. The van der Waals surface area contributed by atoms with E-state index in [1.807, 2.05) is 24.3 Å². The molecule has 0 aromatic heterocycles. The first-order chi connectivity index (χ1) is 13.3. The topological polar surface area (TPSA) is 41.9 Å². The largest absolute Gasteiger partial charge is 0.485 e. The van der Waals surface area contributed by atoms with Gasteiger partial charge in [-0.05, 0) is 36.1 Å². The molecule has 1 atom stereocenters. The van der Waals surface area contributed by atoms with Crippen LogP contribution in [0.25, 0.3) is 0 Å². The lowest BCUT2D eigenvalue weighted by Gasteiger charge is -2.34. The summed E-state index contributed by atoms with van der Waals surface area (Å²) in [5.74, 6) is 1.63. The third-order valence-corrected chi connectivity index (χ3v) is 5.72. The molecule has 0 saturated heterocycles. The van der Waals surface area contributed by atoms with Gasteiger partial charge in [-0.1, -0.05) is 55.7 Å². The van der Waals surface area contributed by atoms with Gasteiger partial charge in [-0.15, -0.1) is 0 Å². The van der Waals surface area contributed by atoms with Crippen LogP contribution < -0.4 is 9.47 Å². The van der Waals surface area contributed by atoms with Gasteiger partial charge < -0.3 is 14.6 Å². The molecule has 1 aliphatic heterocycles. The highest BCUT2D eigenvalue weighted by atomic mass is 16.6. The summed E-state index contributed by atoms with van der Waals surface area (Å²) in [6, 6.07) is 17.1. The number of hydrogen-bond acceptors (Lipinski definition) is 4. The van der Waals surface area contributed by atoms with E-state index in [4.69, 9.17) is 9.47 Å². The maximum Gasteiger partial charge on any atom is 0.162 e. The molecule has 1 heterocycles. The van der Waals surface area contributed by atoms with E-state index in [1.54, 1.807) is 0 Å². The number of fused-ring (bicyclic) bond motifs is 1. The van der Waals surface area contributed by atoms with Crippen molar-refractivity contribution in [3.05, 3.63) is 59.7 Å². The quantitative estimate of drug-likeness (QED) is 0.825. The SMILES string of the molecule is OCCN(Cc1ccc([C@H]2COc3ccccc3O2)cc1)C1CCCCC1. The summed E-state index contributed by atoms with van der Waals surface area (Å²) in [4.78, 5) is 2.45. The van der Waals surface area contributed by atoms with Gasteiger partial charge in [0.1, 0.15) is 6.61 Å². The zero-order valence-electron chi connectivity index (χ0n) is 15.8. The molecule has 0 amide bonds. The minimum Gasteiger partial charge on any atom is -0.485 e. The van der Waals surface area contributed by atoms with E-state index in [9.17, 15) is 5.11 Å². The molecule has 0 spiro atoms. The molecule has 1 aliphatic carbocycles. The summed E-state index contributed by atoms with van der Waals surface area (Å²) < 4.78 is 11.9. The van der Waals surface area contributed by atoms with Crippen LogP contribution in [0.2, 0.25) is 0 Å². The Balaban J connectivity index is 1.41. The fourth-order valence-corrected chi connectivity index (χ4v) is 4.22. The molecule has 27 heavy (non-hydrogen) atoms. The Kier molecular flexibility index (Phi) is 5.95. The van der Waals surface area contributed by atoms with Crippen molar-refractivity contribution < 1.29 is 14.6 Å². The minimum absolute atomic E-state index is 0.0687. The van der Waals surface area contributed by atoms with Crippen LogP contribution in [0.4, 0.5) is 0 Å². The van der Waals surface area contributed by atoms with Gasteiger partial charge in [0, 0.05) is 19.1 Å². The van der Waals surface area contributed by atoms with Crippen molar-refractivity contribution in [2.24, 2.45) is 0 Å². The molecule has 0 unspecified atom stereocenters. The molecule has 2 aromatic carbocycles. The van der Waals surface area contributed by atoms with Gasteiger partial charge in [-0.2, -0.15) is 0 Å². The molecule has 0 bridgehead atoms. The van der Waals surface area contributed by atoms with Gasteiger partial charge in [0.15, 0.2) is 17.6 Å². The van der Waals surface area contributed by atoms with Gasteiger partial charge in [-0.3, -0.25) is 4.90 Å². The first-order valence-electron chi connectivity index (χ1n) is 10.2. The van der Waals surface area contributed by atoms with E-state index < -0.39 is 0 Å². The van der Waals surface area contributed by atoms with Crippen LogP contribution in [0.5, 0.6) is 11.5 Å². The van der Waals surface area contributed by atoms with Gasteiger partial charge in [0.05, 0.1) is 6.61 Å². The highest BCUT2D eigenvalue weighted by molar-refractivity contribution is 5.41. The van der Waals surface area contributed by atoms with E-state index in [2.05, 4.69) is 29.2 Å². The summed E-state index contributed by atoms with van der Waals surface area (Å²) in [5, 5.41) is 9.47. The summed E-state index contributed by atoms with van der Waals surface area (Å²) in [6.07, 6.45) is 6.42. The summed E-state index contributed by atoms with van der Waals surface area (Å²) in [6.45, 7) is 2.41. The average molecular weight is 367 g/mol. The number of nitrogens with zero attached hydrogens (tertiary/aromatic N) is 1. The second-order valence-electron chi connectivity index (χ2n) is 7.59. The molecule has 2 aromatic rings. The second-order valence-corrected chi connectivity index (χ2v) is 7.59. The van der Waals surface area contributed by atoms with Crippen molar-refractivity contribution >= 4 is 0 Å². The molecular formula is C23H29NO3. The van der Waals surface area contributed by atoms with Crippen LogP contribution in [-0.2, 0) is 6.54 Å². The number of hydrogen-bond donors (Lipinski definition) is 1. The lowest BCUT2D eigenvalue weighted by molar-refractivity contribution is 0.0912. The third kappa shape index (κ3) is 4.45. The summed E-state index contributed by atoms with van der Waals surface area (Å²) >= 11 is 0. The van der Waals surface area contributed by atoms with Crippen LogP contribution in [0, 0.1) is 0 Å². The first kappa shape index (κ1) is 18.3. The number of benzene rings is 2. The standard InChI is InChI=1S/C23H29NO3/c25-15-14-24(20-6-2-1-3-7-20)16-18-10-12-19(13-11-18)23-17-26-21-8-4-5-9-22(21)27-23/h4-5,8-13,20,23,25H,1-3,6-7,14-17H2/t23-/m1/s1. The van der Waals surface area contributed by atoms with Crippen molar-refractivity contribution in [1.29, 1.82) is 0 Å². The number of aliphatic hydroxyl groups is 1. The maximum atomic E-state index is 9.47. The van der Waals surface area contributed by atoms with Crippen LogP contribution in [0.1, 0.15) is 49.3 Å². The highest BCUT2D eigenvalue weighted by Crippen LogP contribution is 2.36. The van der Waals surface area contributed by atoms with Gasteiger partial charge in [-0.25, -0.2) is 0 Å². The van der Waals surface area contributed by atoms with Crippen LogP contribution in [-0.4, -0.2) is 35.8 Å². The van der Waals surface area contributed by atoms with Crippen molar-refractivity contribution in [2.75, 3.05) is 19.8 Å². The number of para-hydroxylation sites is 2. The normalized spacial score (nSPS) is 20.0. The number of ether oxygens (including phenoxy) is 2. The maximum absolute atomic E-state index is 9.47. The average Bonchev–Trinajstić information content (AvgIpc) is 2.74. The Bertz CT molecular complexity index is 725. The van der Waals surface area contributed by atoms with Crippen molar-refractivity contribution in [3.63, 3.8) is 0 Å². The molecule has 1 N–H and O–H groups in total. The van der Waals surface area contributed by atoms with E-state index >= 15 is 0 Å². The molecular weight excluding hydrogens is 338 g/mol. The fraction of sp³-hybridized carbons (Fsp3) is 0.478. The molecule has 1 fully saturated rings. The smallest absolute Gasteiger partial charge is 0.162 e. The molecule has 0 radical (unpaired) electrons. The van der Waals surface area contributed by atoms with Crippen LogP contribution >= 0.6 is 0 Å². The molecule has 2 aliphatic rings. The Hall–Kier alpha value is -2.04. The Morgan fingerprint density at radius 3 is 2.41 bits per heavy atom. The van der Waals surface area contributed by atoms with Gasteiger partial charge in [0.2, 0.25) is 0 Å². The lowest BCUT2D eigenvalue weighted by atomic mass is 9.93. The Morgan fingerprint density at radius 1 is 0.926 bits per heavy atom. The van der Waals surface area contributed by atoms with Crippen LogP contribution in [0.3, 0.4) is 0 Å². The number of aliphatic hydroxyl groups excluding tert-OH is 1. The van der Waals surface area contributed by atoms with E-state index in [0.29, 0.717) is 12.6 Å². The fourth-order valence-electron chi connectivity index (χ4n) is 4.22. The predicted molar refractivity (Wildman–Crippen MR) is 106 cm³/mol. The summed E-state index contributed by atoms with van der Waals surface area (Å²) in [7, 11) is 0. The molecule has 144 valence electrons. The zero-order chi connectivity index (χ0) is 18.5. The predicted octanol–water partition coefficient (Wildman–Crippen LogP) is 4.33. The van der Waals surface area contributed by atoms with Crippen molar-refractivity contribution in [1.82, 2.24) is 4.90 Å². The van der Waals surface area contributed by atoms with Gasteiger partial charge in [0.25, 0.3) is 0 Å². The molecule has 4 rings (SSSR count). The van der Waals surface area contributed by atoms with E-state index in [0.717, 1.165) is 30.2 Å². The zero-order valence-corrected chi connectivity index (χ0v) is 15.8. The van der Waals surface area contributed by atoms with Crippen LogP contribution in [0.15, 0.2) is 48.5 Å². The van der Waals surface area contributed by atoms with Gasteiger partial charge >= 0.3 is 0 Å². The summed E-state index contributed by atoms with van der Waals surface area (Å²) in [5.41, 5.74) is 2.43. The Labute approximate surface area is 161 Å². The van der Waals surface area contributed by atoms with Crippen molar-refractivity contribution in [3.8, 4) is 11.5 Å². The van der Waals surface area contributed by atoms with E-state index in [1.165, 1.54) is 37.7 Å². The lowest BCUT2D eigenvalue weighted by Crippen LogP contribution is -2.38. The molecule has 4 heteroatoms.